The molecule has 0 spiro atoms. The van der Waals surface area contributed by atoms with Crippen molar-refractivity contribution in [2.45, 2.75) is 50.2 Å². The predicted molar refractivity (Wildman–Crippen MR) is 101 cm³/mol. The number of carbonyl (C=O) groups is 1. The molecule has 1 unspecified atom stereocenters. The Morgan fingerprint density at radius 3 is 2.26 bits per heavy atom. The smallest absolute Gasteiger partial charge is 0.407 e. The summed E-state index contributed by atoms with van der Waals surface area (Å²) in [6.45, 7) is 3.32. The lowest BCUT2D eigenvalue weighted by molar-refractivity contribution is -0.0400. The molecule has 5 rings (SSSR count). The quantitative estimate of drug-likeness (QED) is 0.808. The first kappa shape index (κ1) is 18.0. The number of hydrogen-bond acceptors (Lipinski definition) is 4. The zero-order valence-electron chi connectivity index (χ0n) is 15.5. The van der Waals surface area contributed by atoms with E-state index < -0.39 is 6.09 Å². The predicted octanol–water partition coefficient (Wildman–Crippen LogP) is 3.82. The van der Waals surface area contributed by atoms with Crippen molar-refractivity contribution in [2.75, 3.05) is 6.61 Å². The minimum Gasteiger partial charge on any atom is -0.445 e. The van der Waals surface area contributed by atoms with E-state index in [2.05, 4.69) is 12.2 Å². The summed E-state index contributed by atoms with van der Waals surface area (Å²) in [5.74, 6) is 0. The summed E-state index contributed by atoms with van der Waals surface area (Å²) < 4.78 is 17.4. The van der Waals surface area contributed by atoms with E-state index >= 15 is 0 Å². The van der Waals surface area contributed by atoms with Crippen LogP contribution in [0.25, 0.3) is 0 Å². The van der Waals surface area contributed by atoms with Crippen LogP contribution in [0, 0.1) is 0 Å². The molecule has 5 nitrogen and oxygen atoms in total. The van der Waals surface area contributed by atoms with Gasteiger partial charge in [0.1, 0.15) is 12.7 Å². The molecule has 1 amide bonds. The van der Waals surface area contributed by atoms with E-state index in [1.807, 2.05) is 60.7 Å². The molecule has 2 aromatic carbocycles. The molecule has 2 aliphatic heterocycles. The molecule has 3 aliphatic rings. The minimum atomic E-state index is -0.403. The molecular formula is C22H25NO4. The van der Waals surface area contributed by atoms with Crippen LogP contribution >= 0.6 is 0 Å². The number of hydrogen-bond donors (Lipinski definition) is 1. The van der Waals surface area contributed by atoms with Crippen LogP contribution in [0.2, 0.25) is 0 Å². The van der Waals surface area contributed by atoms with Gasteiger partial charge in [-0.2, -0.15) is 0 Å². The highest BCUT2D eigenvalue weighted by Crippen LogP contribution is 2.55. The Kier molecular flexibility index (Phi) is 4.89. The van der Waals surface area contributed by atoms with Crippen LogP contribution in [0.15, 0.2) is 60.7 Å². The van der Waals surface area contributed by atoms with Crippen LogP contribution in [0.4, 0.5) is 4.79 Å². The van der Waals surface area contributed by atoms with Crippen molar-refractivity contribution < 1.29 is 19.0 Å². The van der Waals surface area contributed by atoms with E-state index in [1.54, 1.807) is 0 Å². The molecule has 0 radical (unpaired) electrons. The second kappa shape index (κ2) is 7.33. The highest BCUT2D eigenvalue weighted by atomic mass is 16.6. The van der Waals surface area contributed by atoms with Crippen LogP contribution < -0.4 is 5.32 Å². The first-order valence-electron chi connectivity index (χ1n) is 9.35. The third kappa shape index (κ3) is 3.99. The van der Waals surface area contributed by atoms with E-state index in [-0.39, 0.29) is 23.9 Å². The molecule has 0 aromatic heterocycles. The number of benzene rings is 2. The first-order valence-corrected chi connectivity index (χ1v) is 9.35. The summed E-state index contributed by atoms with van der Waals surface area (Å²) in [6, 6.07) is 19.7. The lowest BCUT2D eigenvalue weighted by Gasteiger charge is -2.43. The number of alkyl carbamates (subject to hydrolysis) is 1. The standard InChI is InChI=1S/C22H25NO4/c1-21-15-22(16-21,23-20(24)26-13-18-10-6-3-7-11-18)19(27-21)14-25-12-17-8-4-2-5-9-17/h2-11,19H,12-16H2,1H3,(H,23,24). The third-order valence-corrected chi connectivity index (χ3v) is 5.37. The second-order valence-electron chi connectivity index (χ2n) is 7.75. The lowest BCUT2D eigenvalue weighted by Crippen LogP contribution is -2.61. The fraction of sp³-hybridized carbons (Fsp3) is 0.409. The fourth-order valence-electron chi connectivity index (χ4n) is 4.23. The van der Waals surface area contributed by atoms with Crippen molar-refractivity contribution in [3.05, 3.63) is 71.8 Å². The Balaban J connectivity index is 1.29. The molecule has 2 aromatic rings. The zero-order chi connectivity index (χ0) is 18.7. The van der Waals surface area contributed by atoms with E-state index in [9.17, 15) is 4.79 Å². The number of carbonyl (C=O) groups excluding carboxylic acids is 1. The number of amides is 1. The molecule has 142 valence electrons. The topological polar surface area (TPSA) is 56.8 Å². The van der Waals surface area contributed by atoms with Gasteiger partial charge in [-0.1, -0.05) is 60.7 Å². The Labute approximate surface area is 159 Å². The molecular weight excluding hydrogens is 342 g/mol. The highest BCUT2D eigenvalue weighted by molar-refractivity contribution is 5.69. The van der Waals surface area contributed by atoms with Gasteiger partial charge in [0.15, 0.2) is 0 Å². The zero-order valence-corrected chi connectivity index (χ0v) is 15.5. The van der Waals surface area contributed by atoms with Gasteiger partial charge in [0.25, 0.3) is 0 Å². The van der Waals surface area contributed by atoms with Gasteiger partial charge in [0.05, 0.1) is 24.4 Å². The average Bonchev–Trinajstić information content (AvgIpc) is 3.08. The maximum Gasteiger partial charge on any atom is 0.407 e. The van der Waals surface area contributed by atoms with Gasteiger partial charge in [0, 0.05) is 12.8 Å². The van der Waals surface area contributed by atoms with Gasteiger partial charge in [-0.05, 0) is 18.1 Å². The molecule has 5 heteroatoms. The van der Waals surface area contributed by atoms with Gasteiger partial charge >= 0.3 is 6.09 Å². The summed E-state index contributed by atoms with van der Waals surface area (Å²) in [6.07, 6.45) is 1.02. The number of ether oxygens (including phenoxy) is 3. The van der Waals surface area contributed by atoms with Crippen molar-refractivity contribution in [3.63, 3.8) is 0 Å². The van der Waals surface area contributed by atoms with Crippen molar-refractivity contribution >= 4 is 6.09 Å². The van der Waals surface area contributed by atoms with E-state index in [0.29, 0.717) is 13.2 Å². The molecule has 27 heavy (non-hydrogen) atoms. The normalized spacial score (nSPS) is 28.4. The van der Waals surface area contributed by atoms with E-state index in [4.69, 9.17) is 14.2 Å². The third-order valence-electron chi connectivity index (χ3n) is 5.37. The van der Waals surface area contributed by atoms with Crippen molar-refractivity contribution in [2.24, 2.45) is 0 Å². The molecule has 1 atom stereocenters. The highest BCUT2D eigenvalue weighted by Gasteiger charge is 2.66. The monoisotopic (exact) mass is 367 g/mol. The van der Waals surface area contributed by atoms with Gasteiger partial charge < -0.3 is 19.5 Å². The van der Waals surface area contributed by atoms with Crippen molar-refractivity contribution in [1.82, 2.24) is 5.32 Å². The van der Waals surface area contributed by atoms with Gasteiger partial charge in [0.2, 0.25) is 0 Å². The largest absolute Gasteiger partial charge is 0.445 e. The van der Waals surface area contributed by atoms with E-state index in [0.717, 1.165) is 24.0 Å². The minimum absolute atomic E-state index is 0.157. The molecule has 3 fully saturated rings. The molecule has 1 aliphatic carbocycles. The molecule has 2 saturated heterocycles. The Morgan fingerprint density at radius 2 is 1.63 bits per heavy atom. The van der Waals surface area contributed by atoms with Crippen LogP contribution in [0.5, 0.6) is 0 Å². The Bertz CT molecular complexity index is 771. The fourth-order valence-corrected chi connectivity index (χ4v) is 4.23. The molecule has 1 saturated carbocycles. The Hall–Kier alpha value is -2.37. The summed E-state index contributed by atoms with van der Waals surface area (Å²) in [5, 5.41) is 3.05. The molecule has 1 N–H and O–H groups in total. The van der Waals surface area contributed by atoms with Crippen LogP contribution in [0.1, 0.15) is 30.9 Å². The van der Waals surface area contributed by atoms with Crippen molar-refractivity contribution in [1.29, 1.82) is 0 Å². The summed E-state index contributed by atoms with van der Waals surface area (Å²) in [4.78, 5) is 12.3. The summed E-state index contributed by atoms with van der Waals surface area (Å²) in [7, 11) is 0. The molecule has 2 heterocycles. The summed E-state index contributed by atoms with van der Waals surface area (Å²) >= 11 is 0. The average molecular weight is 367 g/mol. The van der Waals surface area contributed by atoms with E-state index in [1.165, 1.54) is 0 Å². The second-order valence-corrected chi connectivity index (χ2v) is 7.75. The first-order chi connectivity index (χ1) is 13.1. The summed E-state index contributed by atoms with van der Waals surface area (Å²) in [5.41, 5.74) is 1.53. The number of nitrogens with one attached hydrogen (secondary N) is 1. The number of fused-ring (bicyclic) bond motifs is 1. The van der Waals surface area contributed by atoms with Crippen LogP contribution in [0.3, 0.4) is 0 Å². The SMILES string of the molecule is CC12CC(NC(=O)OCc3ccccc3)(C1)C(COCc1ccccc1)O2. The lowest BCUT2D eigenvalue weighted by atomic mass is 9.67. The molecule has 2 bridgehead atoms. The number of rotatable bonds is 7. The maximum atomic E-state index is 12.3. The van der Waals surface area contributed by atoms with Crippen LogP contribution in [-0.4, -0.2) is 29.9 Å². The Morgan fingerprint density at radius 1 is 1.04 bits per heavy atom. The van der Waals surface area contributed by atoms with Crippen LogP contribution in [-0.2, 0) is 27.4 Å². The maximum absolute atomic E-state index is 12.3. The van der Waals surface area contributed by atoms with Crippen molar-refractivity contribution in [3.8, 4) is 0 Å². The van der Waals surface area contributed by atoms with Gasteiger partial charge in [-0.15, -0.1) is 0 Å². The van der Waals surface area contributed by atoms with Gasteiger partial charge in [-0.25, -0.2) is 4.79 Å². The van der Waals surface area contributed by atoms with Gasteiger partial charge in [-0.3, -0.25) is 0 Å².